The minimum absolute atomic E-state index is 0.0726. The Hall–Kier alpha value is -4.11. The number of ether oxygens (including phenoxy) is 1. The van der Waals surface area contributed by atoms with Crippen LogP contribution in [0.25, 0.3) is 0 Å². The second-order valence-electron chi connectivity index (χ2n) is 8.27. The fourth-order valence-corrected chi connectivity index (χ4v) is 4.09. The Morgan fingerprint density at radius 1 is 0.973 bits per heavy atom. The van der Waals surface area contributed by atoms with Crippen LogP contribution in [0, 0.1) is 5.82 Å². The van der Waals surface area contributed by atoms with Gasteiger partial charge >= 0.3 is 6.09 Å². The third kappa shape index (κ3) is 6.77. The number of nitrogens with zero attached hydrogens (tertiary/aromatic N) is 2. The highest BCUT2D eigenvalue weighted by atomic mass is 35.5. The molecule has 10 heteroatoms. The summed E-state index contributed by atoms with van der Waals surface area (Å²) >= 11 is 5.87. The molecule has 8 nitrogen and oxygen atoms in total. The predicted octanol–water partition coefficient (Wildman–Crippen LogP) is 6.36. The fourth-order valence-electron chi connectivity index (χ4n) is 3.96. The number of amides is 2. The zero-order valence-electron chi connectivity index (χ0n) is 20.1. The van der Waals surface area contributed by atoms with E-state index in [2.05, 4.69) is 20.7 Å². The van der Waals surface area contributed by atoms with Crippen molar-refractivity contribution in [2.75, 3.05) is 29.2 Å². The second-order valence-corrected chi connectivity index (χ2v) is 8.71. The van der Waals surface area contributed by atoms with E-state index in [9.17, 15) is 14.0 Å². The van der Waals surface area contributed by atoms with Crippen LogP contribution < -0.4 is 15.5 Å². The number of nitrogens with one attached hydrogen (secondary N) is 2. The summed E-state index contributed by atoms with van der Waals surface area (Å²) in [4.78, 5) is 32.8. The third-order valence-corrected chi connectivity index (χ3v) is 5.98. The number of carbonyl (C=O) groups is 2. The highest BCUT2D eigenvalue weighted by Crippen LogP contribution is 2.26. The van der Waals surface area contributed by atoms with Crippen molar-refractivity contribution >= 4 is 46.5 Å². The van der Waals surface area contributed by atoms with Gasteiger partial charge in [-0.05, 0) is 67.4 Å². The van der Waals surface area contributed by atoms with E-state index in [1.165, 1.54) is 25.3 Å². The number of hydrogen-bond donors (Lipinski definition) is 2. The molecule has 0 saturated carbocycles. The summed E-state index contributed by atoms with van der Waals surface area (Å²) in [5.41, 5.74) is 1.69. The first-order chi connectivity index (χ1) is 17.9. The van der Waals surface area contributed by atoms with Crippen molar-refractivity contribution in [1.29, 1.82) is 0 Å². The van der Waals surface area contributed by atoms with Crippen LogP contribution in [-0.4, -0.2) is 31.5 Å². The maximum atomic E-state index is 14.6. The Balaban J connectivity index is 1.49. The number of oxime groups is 1. The van der Waals surface area contributed by atoms with Crippen molar-refractivity contribution < 1.29 is 23.6 Å². The molecule has 1 aliphatic heterocycles. The van der Waals surface area contributed by atoms with Crippen molar-refractivity contribution in [3.05, 3.63) is 89.2 Å². The van der Waals surface area contributed by atoms with Crippen LogP contribution in [0.1, 0.15) is 30.9 Å². The lowest BCUT2D eigenvalue weighted by molar-refractivity contribution is -0.124. The minimum Gasteiger partial charge on any atom is -0.431 e. The maximum absolute atomic E-state index is 14.6. The molecule has 4 rings (SSSR count). The number of piperidine rings is 1. The molecule has 0 radical (unpaired) electrons. The van der Waals surface area contributed by atoms with Gasteiger partial charge < -0.3 is 19.8 Å². The lowest BCUT2D eigenvalue weighted by atomic mass is 10.1. The summed E-state index contributed by atoms with van der Waals surface area (Å²) in [6.45, 7) is 0.805. The van der Waals surface area contributed by atoms with Gasteiger partial charge in [-0.15, -0.1) is 0 Å². The van der Waals surface area contributed by atoms with Gasteiger partial charge in [-0.1, -0.05) is 35.0 Å². The number of rotatable bonds is 7. The van der Waals surface area contributed by atoms with Crippen molar-refractivity contribution in [3.63, 3.8) is 0 Å². The molecule has 0 spiro atoms. The van der Waals surface area contributed by atoms with Crippen LogP contribution in [0.2, 0.25) is 5.02 Å². The van der Waals surface area contributed by atoms with Crippen LogP contribution >= 0.6 is 11.6 Å². The number of halogens is 2. The van der Waals surface area contributed by atoms with E-state index in [1.54, 1.807) is 42.5 Å². The smallest absolute Gasteiger partial charge is 0.412 e. The summed E-state index contributed by atoms with van der Waals surface area (Å²) in [5, 5.41) is 9.84. The van der Waals surface area contributed by atoms with Crippen molar-refractivity contribution in [2.45, 2.75) is 25.4 Å². The Kier molecular flexibility index (Phi) is 8.58. The van der Waals surface area contributed by atoms with Gasteiger partial charge in [0.1, 0.15) is 18.8 Å². The van der Waals surface area contributed by atoms with Crippen LogP contribution in [-0.2, 0) is 14.4 Å². The van der Waals surface area contributed by atoms with E-state index in [1.807, 2.05) is 12.1 Å². The minimum atomic E-state index is -1.53. The van der Waals surface area contributed by atoms with Gasteiger partial charge in [0.15, 0.2) is 0 Å². The summed E-state index contributed by atoms with van der Waals surface area (Å²) in [6.07, 6.45) is 0.426. The van der Waals surface area contributed by atoms with E-state index in [-0.39, 0.29) is 5.56 Å². The van der Waals surface area contributed by atoms with Crippen LogP contribution in [0.5, 0.6) is 0 Å². The first-order valence-electron chi connectivity index (χ1n) is 11.7. The zero-order chi connectivity index (χ0) is 26.2. The average Bonchev–Trinajstić information content (AvgIpc) is 2.90. The lowest BCUT2D eigenvalue weighted by Gasteiger charge is -2.29. The Labute approximate surface area is 219 Å². The average molecular weight is 525 g/mol. The topological polar surface area (TPSA) is 92.3 Å². The maximum Gasteiger partial charge on any atom is 0.412 e. The van der Waals surface area contributed by atoms with Crippen LogP contribution in [0.15, 0.2) is 78.0 Å². The predicted molar refractivity (Wildman–Crippen MR) is 141 cm³/mol. The molecule has 0 aliphatic carbocycles. The highest BCUT2D eigenvalue weighted by molar-refractivity contribution is 6.30. The molecule has 2 amide bonds. The van der Waals surface area contributed by atoms with Crippen LogP contribution in [0.3, 0.4) is 0 Å². The Morgan fingerprint density at radius 2 is 1.65 bits per heavy atom. The molecule has 1 fully saturated rings. The Bertz CT molecular complexity index is 1270. The molecule has 1 atom stereocenters. The summed E-state index contributed by atoms with van der Waals surface area (Å²) in [6, 6.07) is 19.1. The summed E-state index contributed by atoms with van der Waals surface area (Å²) in [5.74, 6) is -0.540. The van der Waals surface area contributed by atoms with Crippen molar-refractivity contribution in [2.24, 2.45) is 5.16 Å². The van der Waals surface area contributed by atoms with Gasteiger partial charge in [0.05, 0.1) is 0 Å². The van der Waals surface area contributed by atoms with Gasteiger partial charge in [-0.2, -0.15) is 0 Å². The lowest BCUT2D eigenvalue weighted by Crippen LogP contribution is -2.35. The van der Waals surface area contributed by atoms with Gasteiger partial charge in [-0.25, -0.2) is 9.18 Å². The number of anilines is 3. The standard InChI is InChI=1S/C27H26ClFN4O4/c1-36-32-24-8-4-5-17-33(24)21-15-13-19(14-16-21)30-26(34)25(22-6-2-3-7-23(22)29)37-27(35)31-20-11-9-18(28)10-12-20/h2-3,6-7,9-16,25H,4-5,8,17H2,1H3,(H,30,34)(H,31,35). The molecule has 3 aromatic rings. The van der Waals surface area contributed by atoms with E-state index >= 15 is 0 Å². The molecule has 2 N–H and O–H groups in total. The molecule has 192 valence electrons. The molecule has 3 aromatic carbocycles. The monoisotopic (exact) mass is 524 g/mol. The van der Waals surface area contributed by atoms with Crippen molar-refractivity contribution in [1.82, 2.24) is 0 Å². The molecule has 37 heavy (non-hydrogen) atoms. The molecular weight excluding hydrogens is 499 g/mol. The molecule has 1 aliphatic rings. The third-order valence-electron chi connectivity index (χ3n) is 5.73. The number of amidine groups is 1. The van der Waals surface area contributed by atoms with E-state index in [4.69, 9.17) is 21.2 Å². The van der Waals surface area contributed by atoms with Gasteiger partial charge in [0, 0.05) is 40.6 Å². The summed E-state index contributed by atoms with van der Waals surface area (Å²) < 4.78 is 20.0. The number of carbonyl (C=O) groups excluding carboxylic acids is 2. The number of hydrogen-bond acceptors (Lipinski definition) is 5. The molecule has 0 aromatic heterocycles. The van der Waals surface area contributed by atoms with E-state index in [0.29, 0.717) is 16.4 Å². The van der Waals surface area contributed by atoms with Crippen molar-refractivity contribution in [3.8, 4) is 0 Å². The van der Waals surface area contributed by atoms with Gasteiger partial charge in [0.2, 0.25) is 6.10 Å². The summed E-state index contributed by atoms with van der Waals surface area (Å²) in [7, 11) is 1.52. The van der Waals surface area contributed by atoms with E-state index in [0.717, 1.165) is 37.3 Å². The quantitative estimate of drug-likeness (QED) is 0.351. The normalized spacial score (nSPS) is 15.1. The van der Waals surface area contributed by atoms with Gasteiger partial charge in [-0.3, -0.25) is 10.1 Å². The molecular formula is C27H26ClFN4O4. The molecule has 1 saturated heterocycles. The Morgan fingerprint density at radius 3 is 2.35 bits per heavy atom. The first kappa shape index (κ1) is 26.0. The van der Waals surface area contributed by atoms with E-state index < -0.39 is 23.9 Å². The largest absolute Gasteiger partial charge is 0.431 e. The first-order valence-corrected chi connectivity index (χ1v) is 12.1. The molecule has 1 heterocycles. The molecule has 0 bridgehead atoms. The fraction of sp³-hybridized carbons (Fsp3) is 0.222. The number of benzene rings is 3. The van der Waals surface area contributed by atoms with Gasteiger partial charge in [0.25, 0.3) is 5.91 Å². The molecule has 1 unspecified atom stereocenters. The SMILES string of the molecule is CON=C1CCCCN1c1ccc(NC(=O)C(OC(=O)Nc2ccc(Cl)cc2)c2ccccc2F)cc1. The highest BCUT2D eigenvalue weighted by Gasteiger charge is 2.28. The second kappa shape index (κ2) is 12.2. The van der Waals surface area contributed by atoms with Crippen LogP contribution in [0.4, 0.5) is 26.2 Å². The zero-order valence-corrected chi connectivity index (χ0v) is 20.9.